The molecule has 0 saturated carbocycles. The van der Waals surface area contributed by atoms with Gasteiger partial charge in [0.15, 0.2) is 0 Å². The minimum atomic E-state index is 0.727. The van der Waals surface area contributed by atoms with Gasteiger partial charge >= 0.3 is 0 Å². The first kappa shape index (κ1) is 19.7. The second kappa shape index (κ2) is 9.25. The maximum Gasteiger partial charge on any atom is 0.0572 e. The molecule has 30 heavy (non-hydrogen) atoms. The Morgan fingerprint density at radius 2 is 1.10 bits per heavy atom. The number of hydrazine groups is 1. The SMILES string of the molecule is Cc1ccc(N(N)C(Cc2ccccc2)=C(c2ccccc2)c2ccccc2)cc1. The van der Waals surface area contributed by atoms with Crippen molar-refractivity contribution in [1.29, 1.82) is 0 Å². The van der Waals surface area contributed by atoms with Gasteiger partial charge in [0.25, 0.3) is 0 Å². The van der Waals surface area contributed by atoms with Crippen molar-refractivity contribution in [1.82, 2.24) is 0 Å². The third-order valence-corrected chi connectivity index (χ3v) is 5.23. The zero-order valence-electron chi connectivity index (χ0n) is 17.2. The zero-order chi connectivity index (χ0) is 20.8. The lowest BCUT2D eigenvalue weighted by Crippen LogP contribution is -2.32. The number of benzene rings is 4. The van der Waals surface area contributed by atoms with Crippen LogP contribution in [0.15, 0.2) is 121 Å². The normalized spacial score (nSPS) is 10.5. The summed E-state index contributed by atoms with van der Waals surface area (Å²) in [6.07, 6.45) is 0.727. The van der Waals surface area contributed by atoms with E-state index in [1.807, 2.05) is 23.2 Å². The first-order chi connectivity index (χ1) is 14.7. The third-order valence-electron chi connectivity index (χ3n) is 5.23. The lowest BCUT2D eigenvalue weighted by atomic mass is 9.93. The van der Waals surface area contributed by atoms with Gasteiger partial charge < -0.3 is 0 Å². The molecule has 148 valence electrons. The van der Waals surface area contributed by atoms with Crippen molar-refractivity contribution in [2.24, 2.45) is 5.84 Å². The molecular weight excluding hydrogens is 364 g/mol. The van der Waals surface area contributed by atoms with E-state index in [1.165, 1.54) is 11.1 Å². The Morgan fingerprint density at radius 3 is 1.60 bits per heavy atom. The molecule has 0 aliphatic heterocycles. The molecule has 4 aromatic carbocycles. The summed E-state index contributed by atoms with van der Waals surface area (Å²) in [6.45, 7) is 2.09. The summed E-state index contributed by atoms with van der Waals surface area (Å²) in [6, 6.07) is 39.8. The minimum Gasteiger partial charge on any atom is -0.283 e. The molecule has 0 aromatic heterocycles. The van der Waals surface area contributed by atoms with Crippen molar-refractivity contribution >= 4 is 11.3 Å². The molecule has 0 heterocycles. The maximum absolute atomic E-state index is 6.79. The predicted octanol–water partition coefficient (Wildman–Crippen LogP) is 6.38. The fourth-order valence-electron chi connectivity index (χ4n) is 3.65. The molecule has 0 radical (unpaired) electrons. The van der Waals surface area contributed by atoms with Gasteiger partial charge in [0.1, 0.15) is 0 Å². The van der Waals surface area contributed by atoms with E-state index in [0.717, 1.165) is 34.5 Å². The van der Waals surface area contributed by atoms with E-state index in [1.54, 1.807) is 0 Å². The van der Waals surface area contributed by atoms with Crippen molar-refractivity contribution in [3.8, 4) is 0 Å². The van der Waals surface area contributed by atoms with Crippen molar-refractivity contribution in [2.45, 2.75) is 13.3 Å². The van der Waals surface area contributed by atoms with Crippen molar-refractivity contribution in [3.63, 3.8) is 0 Å². The summed E-state index contributed by atoms with van der Waals surface area (Å²) in [5, 5.41) is 1.84. The molecule has 0 spiro atoms. The Hall–Kier alpha value is -3.62. The van der Waals surface area contributed by atoms with E-state index in [-0.39, 0.29) is 0 Å². The van der Waals surface area contributed by atoms with E-state index in [4.69, 9.17) is 5.84 Å². The topological polar surface area (TPSA) is 29.3 Å². The van der Waals surface area contributed by atoms with Gasteiger partial charge in [0, 0.05) is 17.7 Å². The van der Waals surface area contributed by atoms with Crippen LogP contribution in [0.3, 0.4) is 0 Å². The number of hydrogen-bond acceptors (Lipinski definition) is 2. The Morgan fingerprint density at radius 1 is 0.633 bits per heavy atom. The van der Waals surface area contributed by atoms with Gasteiger partial charge in [-0.2, -0.15) is 0 Å². The quantitative estimate of drug-likeness (QED) is 0.306. The number of nitrogens with zero attached hydrogens (tertiary/aromatic N) is 1. The summed E-state index contributed by atoms with van der Waals surface area (Å²) in [7, 11) is 0. The van der Waals surface area contributed by atoms with Crippen molar-refractivity contribution in [2.75, 3.05) is 5.01 Å². The van der Waals surface area contributed by atoms with Crippen LogP contribution in [-0.4, -0.2) is 0 Å². The Bertz CT molecular complexity index is 1060. The lowest BCUT2D eigenvalue weighted by molar-refractivity contribution is 0.939. The molecule has 2 nitrogen and oxygen atoms in total. The van der Waals surface area contributed by atoms with Gasteiger partial charge in [-0.05, 0) is 35.7 Å². The first-order valence-electron chi connectivity index (χ1n) is 10.2. The second-order valence-electron chi connectivity index (χ2n) is 7.42. The number of anilines is 1. The van der Waals surface area contributed by atoms with Crippen molar-refractivity contribution < 1.29 is 0 Å². The summed E-state index contributed by atoms with van der Waals surface area (Å²) >= 11 is 0. The first-order valence-corrected chi connectivity index (χ1v) is 10.2. The summed E-state index contributed by atoms with van der Waals surface area (Å²) < 4.78 is 0. The van der Waals surface area contributed by atoms with E-state index < -0.39 is 0 Å². The number of aryl methyl sites for hydroxylation is 1. The van der Waals surface area contributed by atoms with Gasteiger partial charge in [-0.1, -0.05) is 109 Å². The Balaban J connectivity index is 1.93. The summed E-state index contributed by atoms with van der Waals surface area (Å²) in [5.41, 5.74) is 7.90. The van der Waals surface area contributed by atoms with Crippen LogP contribution in [0.1, 0.15) is 22.3 Å². The van der Waals surface area contributed by atoms with Crippen LogP contribution in [0.5, 0.6) is 0 Å². The average molecular weight is 391 g/mol. The van der Waals surface area contributed by atoms with Crippen LogP contribution >= 0.6 is 0 Å². The van der Waals surface area contributed by atoms with Crippen LogP contribution < -0.4 is 10.9 Å². The van der Waals surface area contributed by atoms with Crippen LogP contribution in [0, 0.1) is 6.92 Å². The third kappa shape index (κ3) is 4.51. The highest BCUT2D eigenvalue weighted by molar-refractivity contribution is 5.84. The van der Waals surface area contributed by atoms with Crippen LogP contribution in [0.4, 0.5) is 5.69 Å². The van der Waals surface area contributed by atoms with E-state index in [2.05, 4.69) is 104 Å². The van der Waals surface area contributed by atoms with Crippen LogP contribution in [0.25, 0.3) is 5.57 Å². The molecule has 0 aliphatic carbocycles. The van der Waals surface area contributed by atoms with E-state index >= 15 is 0 Å². The molecule has 0 amide bonds. The highest BCUT2D eigenvalue weighted by Crippen LogP contribution is 2.32. The molecule has 0 atom stereocenters. The monoisotopic (exact) mass is 390 g/mol. The van der Waals surface area contributed by atoms with Gasteiger partial charge in [0.05, 0.1) is 5.69 Å². The predicted molar refractivity (Wildman–Crippen MR) is 127 cm³/mol. The average Bonchev–Trinajstić information content (AvgIpc) is 2.81. The Kier molecular flexibility index (Phi) is 6.07. The van der Waals surface area contributed by atoms with Gasteiger partial charge in [0.2, 0.25) is 0 Å². The maximum atomic E-state index is 6.79. The smallest absolute Gasteiger partial charge is 0.0572 e. The zero-order valence-corrected chi connectivity index (χ0v) is 17.2. The molecule has 0 saturated heterocycles. The molecule has 2 heteroatoms. The molecule has 0 unspecified atom stereocenters. The van der Waals surface area contributed by atoms with E-state index in [9.17, 15) is 0 Å². The molecule has 4 rings (SSSR count). The van der Waals surface area contributed by atoms with Gasteiger partial charge in [-0.15, -0.1) is 0 Å². The fourth-order valence-corrected chi connectivity index (χ4v) is 3.65. The largest absolute Gasteiger partial charge is 0.283 e. The summed E-state index contributed by atoms with van der Waals surface area (Å²) in [4.78, 5) is 0. The number of allylic oxidation sites excluding steroid dienone is 1. The van der Waals surface area contributed by atoms with Crippen LogP contribution in [0.2, 0.25) is 0 Å². The number of rotatable bonds is 6. The molecule has 4 aromatic rings. The van der Waals surface area contributed by atoms with Crippen LogP contribution in [-0.2, 0) is 6.42 Å². The highest BCUT2D eigenvalue weighted by atomic mass is 15.4. The van der Waals surface area contributed by atoms with E-state index in [0.29, 0.717) is 0 Å². The highest BCUT2D eigenvalue weighted by Gasteiger charge is 2.18. The molecule has 0 fully saturated rings. The minimum absolute atomic E-state index is 0.727. The molecule has 0 aliphatic rings. The fraction of sp³-hybridized carbons (Fsp3) is 0.0714. The second-order valence-corrected chi connectivity index (χ2v) is 7.42. The van der Waals surface area contributed by atoms with Gasteiger partial charge in [-0.3, -0.25) is 5.01 Å². The molecule has 2 N–H and O–H groups in total. The number of hydrogen-bond donors (Lipinski definition) is 1. The Labute approximate surface area is 178 Å². The summed E-state index contributed by atoms with van der Waals surface area (Å²) in [5.74, 6) is 6.79. The molecular formula is C28H26N2. The standard InChI is InChI=1S/C28H26N2/c1-22-17-19-26(20-18-22)30(29)27(21-23-11-5-2-6-12-23)28(24-13-7-3-8-14-24)25-15-9-4-10-16-25/h2-20H,21,29H2,1H3. The van der Waals surface area contributed by atoms with Gasteiger partial charge in [-0.25, -0.2) is 5.84 Å². The van der Waals surface area contributed by atoms with Crippen molar-refractivity contribution in [3.05, 3.63) is 143 Å². The number of nitrogens with two attached hydrogens (primary N) is 1. The molecule has 0 bridgehead atoms. The lowest BCUT2D eigenvalue weighted by Gasteiger charge is -2.27.